The largest absolute Gasteiger partial charge is 0.497 e. The molecule has 1 aliphatic rings. The normalized spacial score (nSPS) is 15.5. The molecular weight excluding hydrogens is 338 g/mol. The first-order chi connectivity index (χ1) is 13.1. The number of methoxy groups -OCH3 is 1. The number of carbonyl (C=O) groups excluding carboxylic acids is 1. The Kier molecular flexibility index (Phi) is 6.85. The molecule has 5 nitrogen and oxygen atoms in total. The third-order valence-corrected chi connectivity index (χ3v) is 5.14. The molecule has 27 heavy (non-hydrogen) atoms. The predicted molar refractivity (Wildman–Crippen MR) is 108 cm³/mol. The number of ether oxygens (including phenoxy) is 1. The molecule has 0 aliphatic carbocycles. The molecule has 5 heteroatoms. The van der Waals surface area contributed by atoms with E-state index in [-0.39, 0.29) is 5.91 Å². The van der Waals surface area contributed by atoms with Crippen LogP contribution in [0.3, 0.4) is 0 Å². The van der Waals surface area contributed by atoms with Crippen molar-refractivity contribution in [2.75, 3.05) is 39.8 Å². The first-order valence-corrected chi connectivity index (χ1v) is 9.53. The molecule has 1 aliphatic heterocycles. The van der Waals surface area contributed by atoms with Crippen molar-refractivity contribution < 1.29 is 9.53 Å². The highest BCUT2D eigenvalue weighted by Crippen LogP contribution is 2.13. The van der Waals surface area contributed by atoms with E-state index in [1.807, 2.05) is 24.3 Å². The van der Waals surface area contributed by atoms with Gasteiger partial charge in [-0.2, -0.15) is 0 Å². The van der Waals surface area contributed by atoms with Crippen LogP contribution in [0.1, 0.15) is 16.7 Å². The molecule has 1 saturated heterocycles. The lowest BCUT2D eigenvalue weighted by molar-refractivity contribution is -0.122. The van der Waals surface area contributed by atoms with E-state index in [1.165, 1.54) is 11.1 Å². The Morgan fingerprint density at radius 1 is 1.00 bits per heavy atom. The van der Waals surface area contributed by atoms with Crippen LogP contribution in [0.15, 0.2) is 48.5 Å². The first-order valence-electron chi connectivity index (χ1n) is 9.53. The van der Waals surface area contributed by atoms with Gasteiger partial charge in [0.15, 0.2) is 0 Å². The molecule has 0 bridgehead atoms. The fourth-order valence-corrected chi connectivity index (χ4v) is 3.34. The maximum atomic E-state index is 12.2. The smallest absolute Gasteiger partial charge is 0.234 e. The number of aryl methyl sites for hydroxylation is 1. The van der Waals surface area contributed by atoms with E-state index in [0.29, 0.717) is 13.1 Å². The topological polar surface area (TPSA) is 44.8 Å². The van der Waals surface area contributed by atoms with Gasteiger partial charge in [-0.15, -0.1) is 0 Å². The van der Waals surface area contributed by atoms with Crippen molar-refractivity contribution in [1.82, 2.24) is 15.1 Å². The zero-order valence-corrected chi connectivity index (χ0v) is 16.3. The van der Waals surface area contributed by atoms with Crippen LogP contribution in [0.4, 0.5) is 0 Å². The van der Waals surface area contributed by atoms with Crippen LogP contribution >= 0.6 is 0 Å². The van der Waals surface area contributed by atoms with Crippen molar-refractivity contribution in [2.45, 2.75) is 20.0 Å². The van der Waals surface area contributed by atoms with Crippen molar-refractivity contribution in [3.8, 4) is 5.75 Å². The number of hydrogen-bond acceptors (Lipinski definition) is 4. The molecule has 1 amide bonds. The van der Waals surface area contributed by atoms with Gasteiger partial charge in [0, 0.05) is 39.3 Å². The van der Waals surface area contributed by atoms with Crippen molar-refractivity contribution in [1.29, 1.82) is 0 Å². The summed E-state index contributed by atoms with van der Waals surface area (Å²) in [5, 5.41) is 3.01. The second kappa shape index (κ2) is 9.53. The predicted octanol–water partition coefficient (Wildman–Crippen LogP) is 2.44. The van der Waals surface area contributed by atoms with Gasteiger partial charge in [-0.1, -0.05) is 36.4 Å². The minimum Gasteiger partial charge on any atom is -0.497 e. The molecule has 1 fully saturated rings. The average Bonchev–Trinajstić information content (AvgIpc) is 2.70. The van der Waals surface area contributed by atoms with Gasteiger partial charge in [0.05, 0.1) is 13.7 Å². The van der Waals surface area contributed by atoms with Crippen molar-refractivity contribution >= 4 is 5.91 Å². The van der Waals surface area contributed by atoms with Crippen LogP contribution < -0.4 is 10.1 Å². The third kappa shape index (κ3) is 5.81. The highest BCUT2D eigenvalue weighted by molar-refractivity contribution is 5.78. The van der Waals surface area contributed by atoms with Crippen molar-refractivity contribution in [2.24, 2.45) is 0 Å². The highest BCUT2D eigenvalue weighted by Gasteiger charge is 2.19. The number of benzene rings is 2. The molecule has 3 rings (SSSR count). The standard InChI is InChI=1S/C22H29N3O2/c1-18-5-3-4-6-20(18)16-24-11-13-25(14-12-24)17-22(26)23-15-19-7-9-21(27-2)10-8-19/h3-10H,11-17H2,1-2H3,(H,23,26). The molecule has 0 saturated carbocycles. The summed E-state index contributed by atoms with van der Waals surface area (Å²) in [7, 11) is 1.65. The number of nitrogens with one attached hydrogen (secondary N) is 1. The van der Waals surface area contributed by atoms with Crippen molar-refractivity contribution in [3.63, 3.8) is 0 Å². The Hall–Kier alpha value is -2.37. The maximum absolute atomic E-state index is 12.2. The summed E-state index contributed by atoms with van der Waals surface area (Å²) in [5.41, 5.74) is 3.81. The Morgan fingerprint density at radius 2 is 1.67 bits per heavy atom. The molecule has 0 aromatic heterocycles. The summed E-state index contributed by atoms with van der Waals surface area (Å²) in [6, 6.07) is 16.3. The lowest BCUT2D eigenvalue weighted by Gasteiger charge is -2.34. The Balaban J connectivity index is 1.38. The second-order valence-electron chi connectivity index (χ2n) is 7.10. The summed E-state index contributed by atoms with van der Waals surface area (Å²) in [5.74, 6) is 0.909. The summed E-state index contributed by atoms with van der Waals surface area (Å²) >= 11 is 0. The van der Waals surface area contributed by atoms with Crippen LogP contribution in [-0.4, -0.2) is 55.5 Å². The highest BCUT2D eigenvalue weighted by atomic mass is 16.5. The van der Waals surface area contributed by atoms with Crippen LogP contribution in [0.25, 0.3) is 0 Å². The number of amides is 1. The Labute approximate surface area is 161 Å². The first kappa shape index (κ1) is 19.4. The number of carbonyl (C=O) groups is 1. The minimum atomic E-state index is 0.0816. The molecule has 144 valence electrons. The second-order valence-corrected chi connectivity index (χ2v) is 7.10. The van der Waals surface area contributed by atoms with Gasteiger partial charge in [0.25, 0.3) is 0 Å². The molecule has 0 unspecified atom stereocenters. The third-order valence-electron chi connectivity index (χ3n) is 5.14. The lowest BCUT2D eigenvalue weighted by atomic mass is 10.1. The van der Waals surface area contributed by atoms with E-state index in [4.69, 9.17) is 4.74 Å². The van der Waals surface area contributed by atoms with Crippen LogP contribution in [0.2, 0.25) is 0 Å². The molecule has 1 heterocycles. The van der Waals surface area contributed by atoms with Crippen LogP contribution in [-0.2, 0) is 17.9 Å². The number of rotatable bonds is 7. The fraction of sp³-hybridized carbons (Fsp3) is 0.409. The van der Waals surface area contributed by atoms with E-state index >= 15 is 0 Å². The van der Waals surface area contributed by atoms with Crippen LogP contribution in [0, 0.1) is 6.92 Å². The Morgan fingerprint density at radius 3 is 2.33 bits per heavy atom. The van der Waals surface area contributed by atoms with E-state index < -0.39 is 0 Å². The number of nitrogens with zero attached hydrogens (tertiary/aromatic N) is 2. The molecule has 0 atom stereocenters. The van der Waals surface area contributed by atoms with Gasteiger partial charge >= 0.3 is 0 Å². The Bertz CT molecular complexity index is 737. The van der Waals surface area contributed by atoms with Gasteiger partial charge in [-0.3, -0.25) is 14.6 Å². The zero-order valence-electron chi connectivity index (χ0n) is 16.3. The summed E-state index contributed by atoms with van der Waals surface area (Å²) in [6.07, 6.45) is 0. The SMILES string of the molecule is COc1ccc(CNC(=O)CN2CCN(Cc3ccccc3C)CC2)cc1. The summed E-state index contributed by atoms with van der Waals surface area (Å²) < 4.78 is 5.15. The quantitative estimate of drug-likeness (QED) is 0.816. The van der Waals surface area contributed by atoms with Gasteiger partial charge in [0.1, 0.15) is 5.75 Å². The molecule has 2 aromatic rings. The average molecular weight is 367 g/mol. The van der Waals surface area contributed by atoms with E-state index in [0.717, 1.165) is 44.0 Å². The van der Waals surface area contributed by atoms with Crippen molar-refractivity contribution in [3.05, 3.63) is 65.2 Å². The molecular formula is C22H29N3O2. The number of hydrogen-bond donors (Lipinski definition) is 1. The molecule has 0 spiro atoms. The fourth-order valence-electron chi connectivity index (χ4n) is 3.34. The minimum absolute atomic E-state index is 0.0816. The van der Waals surface area contributed by atoms with Gasteiger partial charge < -0.3 is 10.1 Å². The lowest BCUT2D eigenvalue weighted by Crippen LogP contribution is -2.49. The molecule has 0 radical (unpaired) electrons. The van der Waals surface area contributed by atoms with Gasteiger partial charge in [-0.25, -0.2) is 0 Å². The molecule has 1 N–H and O–H groups in total. The van der Waals surface area contributed by atoms with E-state index in [1.54, 1.807) is 7.11 Å². The van der Waals surface area contributed by atoms with E-state index in [9.17, 15) is 4.79 Å². The van der Waals surface area contributed by atoms with Crippen LogP contribution in [0.5, 0.6) is 5.75 Å². The number of piperazine rings is 1. The monoisotopic (exact) mass is 367 g/mol. The summed E-state index contributed by atoms with van der Waals surface area (Å²) in [6.45, 7) is 8.04. The van der Waals surface area contributed by atoms with Gasteiger partial charge in [-0.05, 0) is 35.7 Å². The van der Waals surface area contributed by atoms with E-state index in [2.05, 4.69) is 46.3 Å². The van der Waals surface area contributed by atoms with Gasteiger partial charge in [0.2, 0.25) is 5.91 Å². The molecule has 2 aromatic carbocycles. The zero-order chi connectivity index (χ0) is 19.1. The summed E-state index contributed by atoms with van der Waals surface area (Å²) in [4.78, 5) is 16.9. The maximum Gasteiger partial charge on any atom is 0.234 e.